The number of carbonyl (C=O) groups excluding carboxylic acids is 1. The number of amides is 1. The van der Waals surface area contributed by atoms with Crippen LogP contribution in [0.3, 0.4) is 0 Å². The highest BCUT2D eigenvalue weighted by atomic mass is 16.1. The Labute approximate surface area is 86.9 Å². The molecule has 1 saturated heterocycles. The number of rotatable bonds is 4. The lowest BCUT2D eigenvalue weighted by Gasteiger charge is -2.28. The molecule has 0 aromatic carbocycles. The van der Waals surface area contributed by atoms with E-state index in [0.29, 0.717) is 0 Å². The van der Waals surface area contributed by atoms with Crippen molar-refractivity contribution in [2.75, 3.05) is 26.7 Å². The molecule has 1 amide bonds. The Hall–Kier alpha value is -0.570. The topological polar surface area (TPSA) is 32.3 Å². The zero-order chi connectivity index (χ0) is 10.4. The lowest BCUT2D eigenvalue weighted by Crippen LogP contribution is -2.41. The maximum absolute atomic E-state index is 11.7. The molecule has 1 N–H and O–H groups in total. The standard InChI is InChI=1S/C11H22N2O/c1-3-4-7-12-11(14)10-6-5-8-13(2)9-10/h10H,3-9H2,1-2H3,(H,12,14)/t10-/m0/s1. The number of likely N-dealkylation sites (tertiary alicyclic amines) is 1. The van der Waals surface area contributed by atoms with Gasteiger partial charge in [0, 0.05) is 13.1 Å². The molecule has 1 atom stereocenters. The van der Waals surface area contributed by atoms with Gasteiger partial charge in [-0.1, -0.05) is 13.3 Å². The van der Waals surface area contributed by atoms with Crippen molar-refractivity contribution in [3.63, 3.8) is 0 Å². The lowest BCUT2D eigenvalue weighted by atomic mass is 9.97. The van der Waals surface area contributed by atoms with E-state index in [1.165, 1.54) is 0 Å². The molecule has 0 radical (unpaired) electrons. The van der Waals surface area contributed by atoms with Gasteiger partial charge >= 0.3 is 0 Å². The number of carbonyl (C=O) groups is 1. The first-order valence-electron chi connectivity index (χ1n) is 5.70. The Morgan fingerprint density at radius 1 is 1.57 bits per heavy atom. The molecule has 0 unspecified atom stereocenters. The second-order valence-electron chi connectivity index (χ2n) is 4.25. The fraction of sp³-hybridized carbons (Fsp3) is 0.909. The summed E-state index contributed by atoms with van der Waals surface area (Å²) in [6.45, 7) is 5.05. The van der Waals surface area contributed by atoms with Gasteiger partial charge in [0.2, 0.25) is 5.91 Å². The van der Waals surface area contributed by atoms with Crippen LogP contribution in [0.25, 0.3) is 0 Å². The average molecular weight is 198 g/mol. The summed E-state index contributed by atoms with van der Waals surface area (Å²) in [6, 6.07) is 0. The molecule has 1 fully saturated rings. The molecule has 14 heavy (non-hydrogen) atoms. The first-order chi connectivity index (χ1) is 6.74. The molecule has 0 aromatic rings. The van der Waals surface area contributed by atoms with E-state index in [2.05, 4.69) is 24.2 Å². The number of nitrogens with one attached hydrogen (secondary N) is 1. The number of nitrogens with zero attached hydrogens (tertiary/aromatic N) is 1. The van der Waals surface area contributed by atoms with E-state index in [4.69, 9.17) is 0 Å². The van der Waals surface area contributed by atoms with Gasteiger partial charge in [0.25, 0.3) is 0 Å². The third-order valence-corrected chi connectivity index (χ3v) is 2.82. The summed E-state index contributed by atoms with van der Waals surface area (Å²) in [5, 5.41) is 3.01. The Balaban J connectivity index is 2.22. The molecular weight excluding hydrogens is 176 g/mol. The van der Waals surface area contributed by atoms with Gasteiger partial charge < -0.3 is 10.2 Å². The maximum atomic E-state index is 11.7. The molecule has 3 nitrogen and oxygen atoms in total. The smallest absolute Gasteiger partial charge is 0.224 e. The number of unbranched alkanes of at least 4 members (excludes halogenated alkanes) is 1. The molecule has 82 valence electrons. The highest BCUT2D eigenvalue weighted by Crippen LogP contribution is 2.14. The highest BCUT2D eigenvalue weighted by molar-refractivity contribution is 5.78. The van der Waals surface area contributed by atoms with Gasteiger partial charge in [-0.25, -0.2) is 0 Å². The molecule has 1 aliphatic rings. The van der Waals surface area contributed by atoms with Crippen molar-refractivity contribution in [3.8, 4) is 0 Å². The third-order valence-electron chi connectivity index (χ3n) is 2.82. The van der Waals surface area contributed by atoms with E-state index in [9.17, 15) is 4.79 Å². The quantitative estimate of drug-likeness (QED) is 0.689. The van der Waals surface area contributed by atoms with E-state index in [-0.39, 0.29) is 11.8 Å². The molecule has 3 heteroatoms. The van der Waals surface area contributed by atoms with Gasteiger partial charge in [-0.05, 0) is 32.9 Å². The molecule has 0 spiro atoms. The van der Waals surface area contributed by atoms with Crippen LogP contribution < -0.4 is 5.32 Å². The second-order valence-corrected chi connectivity index (χ2v) is 4.25. The summed E-state index contributed by atoms with van der Waals surface area (Å²) in [4.78, 5) is 13.9. The minimum absolute atomic E-state index is 0.227. The zero-order valence-corrected chi connectivity index (χ0v) is 9.38. The molecule has 0 saturated carbocycles. The van der Waals surface area contributed by atoms with Crippen LogP contribution in [0.2, 0.25) is 0 Å². The summed E-state index contributed by atoms with van der Waals surface area (Å²) in [6.07, 6.45) is 4.45. The summed E-state index contributed by atoms with van der Waals surface area (Å²) < 4.78 is 0. The minimum atomic E-state index is 0.227. The van der Waals surface area contributed by atoms with E-state index >= 15 is 0 Å². The van der Waals surface area contributed by atoms with Crippen LogP contribution >= 0.6 is 0 Å². The van der Waals surface area contributed by atoms with Crippen LogP contribution in [0.1, 0.15) is 32.6 Å². The number of piperidine rings is 1. The molecule has 1 rings (SSSR count). The average Bonchev–Trinajstić information content (AvgIpc) is 2.18. The van der Waals surface area contributed by atoms with Crippen molar-refractivity contribution >= 4 is 5.91 Å². The van der Waals surface area contributed by atoms with Crippen molar-refractivity contribution in [3.05, 3.63) is 0 Å². The molecule has 0 aromatic heterocycles. The number of hydrogen-bond donors (Lipinski definition) is 1. The zero-order valence-electron chi connectivity index (χ0n) is 9.38. The van der Waals surface area contributed by atoms with Gasteiger partial charge in [-0.2, -0.15) is 0 Å². The summed E-state index contributed by atoms with van der Waals surface area (Å²) in [5.41, 5.74) is 0. The highest BCUT2D eigenvalue weighted by Gasteiger charge is 2.23. The third kappa shape index (κ3) is 3.66. The predicted octanol–water partition coefficient (Wildman–Crippen LogP) is 1.24. The van der Waals surface area contributed by atoms with Crippen LogP contribution in [0.15, 0.2) is 0 Å². The number of hydrogen-bond acceptors (Lipinski definition) is 2. The van der Waals surface area contributed by atoms with Crippen LogP contribution in [-0.2, 0) is 4.79 Å². The molecular formula is C11H22N2O. The van der Waals surface area contributed by atoms with Gasteiger partial charge in [0.05, 0.1) is 5.92 Å². The molecule has 1 aliphatic heterocycles. The van der Waals surface area contributed by atoms with E-state index in [1.54, 1.807) is 0 Å². The van der Waals surface area contributed by atoms with Crippen molar-refractivity contribution in [1.82, 2.24) is 10.2 Å². The molecule has 0 aliphatic carbocycles. The Morgan fingerprint density at radius 2 is 2.36 bits per heavy atom. The van der Waals surface area contributed by atoms with Crippen molar-refractivity contribution in [2.24, 2.45) is 5.92 Å². The first kappa shape index (κ1) is 11.5. The molecule has 1 heterocycles. The predicted molar refractivity (Wildman–Crippen MR) is 58.1 cm³/mol. The summed E-state index contributed by atoms with van der Waals surface area (Å²) in [5.74, 6) is 0.482. The summed E-state index contributed by atoms with van der Waals surface area (Å²) in [7, 11) is 2.09. The van der Waals surface area contributed by atoms with E-state index in [1.807, 2.05) is 0 Å². The Kier molecular flexibility index (Phi) is 4.94. The fourth-order valence-electron chi connectivity index (χ4n) is 1.91. The van der Waals surface area contributed by atoms with E-state index < -0.39 is 0 Å². The van der Waals surface area contributed by atoms with Crippen LogP contribution in [0, 0.1) is 5.92 Å². The second kappa shape index (κ2) is 6.02. The Morgan fingerprint density at radius 3 is 3.00 bits per heavy atom. The largest absolute Gasteiger partial charge is 0.356 e. The van der Waals surface area contributed by atoms with Crippen LogP contribution in [0.4, 0.5) is 0 Å². The van der Waals surface area contributed by atoms with Crippen molar-refractivity contribution < 1.29 is 4.79 Å². The SMILES string of the molecule is CCCCNC(=O)[C@H]1CCCN(C)C1. The first-order valence-corrected chi connectivity index (χ1v) is 5.70. The Bertz CT molecular complexity index is 182. The van der Waals surface area contributed by atoms with Gasteiger partial charge in [-0.3, -0.25) is 4.79 Å². The lowest BCUT2D eigenvalue weighted by molar-refractivity contribution is -0.126. The van der Waals surface area contributed by atoms with Crippen LogP contribution in [-0.4, -0.2) is 37.5 Å². The normalized spacial score (nSPS) is 23.4. The minimum Gasteiger partial charge on any atom is -0.356 e. The maximum Gasteiger partial charge on any atom is 0.224 e. The van der Waals surface area contributed by atoms with Gasteiger partial charge in [0.1, 0.15) is 0 Å². The van der Waals surface area contributed by atoms with Gasteiger partial charge in [0.15, 0.2) is 0 Å². The van der Waals surface area contributed by atoms with Gasteiger partial charge in [-0.15, -0.1) is 0 Å². The van der Waals surface area contributed by atoms with E-state index in [0.717, 1.165) is 45.3 Å². The monoisotopic (exact) mass is 198 g/mol. The molecule has 0 bridgehead atoms. The van der Waals surface area contributed by atoms with Crippen LogP contribution in [0.5, 0.6) is 0 Å². The fourth-order valence-corrected chi connectivity index (χ4v) is 1.91. The van der Waals surface area contributed by atoms with Crippen molar-refractivity contribution in [2.45, 2.75) is 32.6 Å². The summed E-state index contributed by atoms with van der Waals surface area (Å²) >= 11 is 0. The van der Waals surface area contributed by atoms with Crippen molar-refractivity contribution in [1.29, 1.82) is 0 Å².